The minimum absolute atomic E-state index is 0.0410. The fourth-order valence-electron chi connectivity index (χ4n) is 18.4. The zero-order chi connectivity index (χ0) is 93.2. The predicted molar refractivity (Wildman–Crippen MR) is 432 cm³/mol. The molecule has 36 heteroatoms. The van der Waals surface area contributed by atoms with Crippen molar-refractivity contribution in [3.63, 3.8) is 0 Å². The normalized spacial score (nSPS) is 18.6. The Bertz CT molecular complexity index is 5910. The number of anilines is 3. The second-order valence-electron chi connectivity index (χ2n) is 31.8. The molecule has 0 saturated carbocycles. The molecule has 27 nitrogen and oxygen atoms in total. The van der Waals surface area contributed by atoms with Crippen LogP contribution < -0.4 is 89.7 Å². The first kappa shape index (κ1) is 93.1. The van der Waals surface area contributed by atoms with Crippen LogP contribution in [0.15, 0.2) is 146 Å². The van der Waals surface area contributed by atoms with E-state index >= 15 is 0 Å². The molecule has 9 aliphatic heterocycles. The highest BCUT2D eigenvalue weighted by atomic mass is 19.4. The molecule has 9 aromatic carbocycles. The Balaban J connectivity index is 0.000000158. The Kier molecular flexibility index (Phi) is 27.6. The minimum atomic E-state index is -4.48. The van der Waals surface area contributed by atoms with Gasteiger partial charge in [-0.3, -0.25) is 0 Å². The summed E-state index contributed by atoms with van der Waals surface area (Å²) in [7, 11) is 0. The summed E-state index contributed by atoms with van der Waals surface area (Å²) in [5, 5.41) is 102. The van der Waals surface area contributed by atoms with E-state index < -0.39 is 92.7 Å². The molecule has 0 aromatic heterocycles. The maximum atomic E-state index is 13.4. The van der Waals surface area contributed by atoms with Gasteiger partial charge in [0, 0.05) is 196 Å². The molecule has 129 heavy (non-hydrogen) atoms. The van der Waals surface area contributed by atoms with Gasteiger partial charge in [0.05, 0.1) is 54.4 Å². The van der Waals surface area contributed by atoms with E-state index in [9.17, 15) is 99.9 Å². The zero-order valence-corrected chi connectivity index (χ0v) is 68.9. The number of fused-ring (bicyclic) bond motifs is 12. The summed E-state index contributed by atoms with van der Waals surface area (Å²) < 4.78 is 143. The quantitative estimate of drug-likeness (QED) is 0.0747. The number of hydrogen-bond donors (Lipinski definition) is 6. The van der Waals surface area contributed by atoms with Gasteiger partial charge in [0.2, 0.25) is 35.7 Å². The van der Waals surface area contributed by atoms with Gasteiger partial charge < -0.3 is 89.3 Å². The number of halogens is 9. The molecule has 672 valence electrons. The van der Waals surface area contributed by atoms with Gasteiger partial charge in [0.25, 0.3) is 0 Å². The molecule has 9 heterocycles. The van der Waals surface area contributed by atoms with Crippen molar-refractivity contribution in [2.75, 3.05) is 93.2 Å². The smallest absolute Gasteiger partial charge is 0.448 e. The van der Waals surface area contributed by atoms with E-state index in [4.69, 9.17) is 43.0 Å². The van der Waals surface area contributed by atoms with E-state index in [0.29, 0.717) is 174 Å². The van der Waals surface area contributed by atoms with Crippen LogP contribution in [0.1, 0.15) is 119 Å². The number of rotatable bonds is 12. The summed E-state index contributed by atoms with van der Waals surface area (Å²) in [5.41, 5.74) is 11.2. The van der Waals surface area contributed by atoms with Crippen LogP contribution in [0.2, 0.25) is 0 Å². The fraction of sp³-hybridized carbons (Fsp3) is 0.323. The third-order valence-electron chi connectivity index (χ3n) is 23.2. The van der Waals surface area contributed by atoms with Crippen molar-refractivity contribution >= 4 is 70.1 Å². The van der Waals surface area contributed by atoms with Gasteiger partial charge in [0.1, 0.15) is 52.8 Å². The van der Waals surface area contributed by atoms with Crippen LogP contribution in [-0.4, -0.2) is 201 Å². The molecule has 0 amide bonds. The number of ether oxygens (including phenoxy) is 3. The molecule has 18 rings (SSSR count). The van der Waals surface area contributed by atoms with Gasteiger partial charge in [-0.05, 0) is 90.6 Å². The van der Waals surface area contributed by atoms with Crippen molar-refractivity contribution in [3.8, 4) is 34.5 Å². The van der Waals surface area contributed by atoms with Crippen molar-refractivity contribution in [1.82, 2.24) is 13.7 Å². The molecule has 9 aliphatic rings. The second kappa shape index (κ2) is 38.2. The molecule has 0 bridgehead atoms. The van der Waals surface area contributed by atoms with Gasteiger partial charge in [-0.25, -0.2) is 13.7 Å². The Labute approximate surface area is 726 Å². The molecule has 0 aliphatic carbocycles. The van der Waals surface area contributed by atoms with Gasteiger partial charge in [-0.15, -0.1) is 0 Å². The Morgan fingerprint density at radius 2 is 0.581 bits per heavy atom. The number of β-amino-alcohol motifs (C(OH)–C–C–N with tert-alkyl or cyclic N) is 6. The highest BCUT2D eigenvalue weighted by Crippen LogP contribution is 2.47. The van der Waals surface area contributed by atoms with Crippen molar-refractivity contribution in [2.45, 2.75) is 114 Å². The van der Waals surface area contributed by atoms with Gasteiger partial charge in [-0.2, -0.15) is 68.3 Å². The first-order valence-electron chi connectivity index (χ1n) is 40.7. The summed E-state index contributed by atoms with van der Waals surface area (Å²) >= 11 is 0. The number of carboxylic acids is 3. The van der Waals surface area contributed by atoms with Crippen LogP contribution >= 0.6 is 0 Å². The van der Waals surface area contributed by atoms with Crippen molar-refractivity contribution in [1.29, 1.82) is 0 Å². The second-order valence-corrected chi connectivity index (χ2v) is 31.8. The van der Waals surface area contributed by atoms with E-state index in [1.165, 1.54) is 18.2 Å². The first-order chi connectivity index (χ1) is 61.3. The van der Waals surface area contributed by atoms with Crippen LogP contribution in [-0.2, 0) is 67.3 Å². The summed E-state index contributed by atoms with van der Waals surface area (Å²) in [5.74, 6) is -1.94. The van der Waals surface area contributed by atoms with Crippen LogP contribution in [0.3, 0.4) is 0 Å². The number of aromatic carboxylic acids is 3. The first-order valence-corrected chi connectivity index (χ1v) is 40.7. The minimum Gasteiger partial charge on any atom is -0.545 e. The number of likely N-dealkylation sites (N-methyl/N-ethyl adjacent to an activating group) is 3. The maximum absolute atomic E-state index is 13.4. The van der Waals surface area contributed by atoms with Crippen LogP contribution in [0.25, 0.3) is 16.7 Å². The van der Waals surface area contributed by atoms with Crippen molar-refractivity contribution < 1.29 is 143 Å². The summed E-state index contributed by atoms with van der Waals surface area (Å²) in [4.78, 5) is 91.3. The molecule has 0 spiro atoms. The standard InChI is InChI=1S/3C30H27F3N2O5.3CO2/c3*1-2-34-13-18(36)7-16-9-22-26(11-24(16)34)40-27-12-25-17(8-19(37)14-35(25)15-30(31,32)33)10-23(27)28(22)20-5-3-4-6-21(20)29(38)39;3*2-1-3/h3*3-6,9-12,18-19,36-37H,2,7-8,13-15H2,1H3;;;/t2*18-,19+;18-,19-;;;/m100.../s1. The summed E-state index contributed by atoms with van der Waals surface area (Å²) in [6, 6.07) is 40.2. The van der Waals surface area contributed by atoms with E-state index in [1.807, 2.05) is 71.9 Å². The van der Waals surface area contributed by atoms with Crippen molar-refractivity contribution in [3.05, 3.63) is 261 Å². The third kappa shape index (κ3) is 20.1. The monoisotopic (exact) mass is 1790 g/mol. The lowest BCUT2D eigenvalue weighted by molar-refractivity contribution is -0.256. The average Bonchev–Trinajstić information content (AvgIpc) is 0.735. The maximum Gasteiger partial charge on any atom is 0.448 e. The molecule has 6 N–H and O–H groups in total. The van der Waals surface area contributed by atoms with Gasteiger partial charge in [-0.1, -0.05) is 72.8 Å². The number of hydrogen-bond acceptors (Lipinski definition) is 24. The van der Waals surface area contributed by atoms with E-state index in [1.54, 1.807) is 91.0 Å². The zero-order valence-electron chi connectivity index (χ0n) is 68.9. The largest absolute Gasteiger partial charge is 0.545 e. The molecule has 9 aromatic rings. The average molecular weight is 1790 g/mol. The fourth-order valence-corrected chi connectivity index (χ4v) is 18.4. The number of aliphatic hydroxyl groups excluding tert-OH is 6. The molecular formula is C93H81F9N6O21. The number of carboxylic acid groups (broad SMARTS) is 3. The van der Waals surface area contributed by atoms with Gasteiger partial charge >= 0.3 is 37.0 Å². The van der Waals surface area contributed by atoms with E-state index in [0.717, 1.165) is 47.5 Å². The third-order valence-corrected chi connectivity index (χ3v) is 23.2. The van der Waals surface area contributed by atoms with Gasteiger partial charge in [0.15, 0.2) is 19.6 Å². The van der Waals surface area contributed by atoms with Crippen LogP contribution in [0, 0.1) is 0 Å². The highest BCUT2D eigenvalue weighted by Gasteiger charge is 2.43. The lowest BCUT2D eigenvalue weighted by atomic mass is 9.86. The van der Waals surface area contributed by atoms with E-state index in [2.05, 4.69) is 0 Å². The summed E-state index contributed by atoms with van der Waals surface area (Å²) in [6.45, 7) is 5.01. The molecule has 0 radical (unpaired) electrons. The summed E-state index contributed by atoms with van der Waals surface area (Å²) in [6.07, 6.45) is -15.8. The number of benzene rings is 9. The van der Waals surface area contributed by atoms with Crippen LogP contribution in [0.4, 0.5) is 56.6 Å². The molecule has 0 saturated heterocycles. The topological polar surface area (TPSA) is 391 Å². The Morgan fingerprint density at radius 1 is 0.349 bits per heavy atom. The molecule has 0 fully saturated rings. The number of alkyl halides is 9. The predicted octanol–water partition coefficient (Wildman–Crippen LogP) is 1.60. The lowest BCUT2D eigenvalue weighted by Gasteiger charge is -2.35. The SMILES string of the molecule is CCN1C[C@@H](O)Cc2cc3c(cc21)Oc1cc2c(cc1=C3c1ccccc1C(=O)[O-])C[C@@H](O)C[N+]=2CC(F)(F)F.CCN1C[C@@H](O)Cc2cc3c(cc21)Oc1cc2c(cc1=C3c1ccccc1C(=O)[O-])C[C@H](O)C[N+]=2CC(F)(F)F.CCN1C[C@H](O)Cc2cc3c(cc21)Oc1cc2c(cc1=C3c1ccccc1C(=O)[O-])C[C@H](O)C[N+]=2CC(F)(F)F.O=C=O.O=C=O.O=C=O. The molecule has 0 unspecified atom stereocenters. The number of carbonyl (C=O) groups is 3. The van der Waals surface area contributed by atoms with Crippen molar-refractivity contribution in [2.24, 2.45) is 0 Å². The number of aliphatic hydroxyl groups is 6. The Hall–Kier alpha value is -13.5. The number of carbonyl (C=O) groups excluding carboxylic acids is 9. The lowest BCUT2D eigenvalue weighted by Crippen LogP contribution is -2.48. The highest BCUT2D eigenvalue weighted by molar-refractivity contribution is 6.00. The Morgan fingerprint density at radius 3 is 0.806 bits per heavy atom. The molecule has 6 atom stereocenters. The number of nitrogens with zero attached hydrogens (tertiary/aromatic N) is 6. The van der Waals surface area contributed by atoms with E-state index in [-0.39, 0.29) is 91.3 Å². The van der Waals surface area contributed by atoms with Crippen LogP contribution in [0.5, 0.6) is 34.5 Å². The molecular weight excluding hydrogens is 1710 g/mol.